The summed E-state index contributed by atoms with van der Waals surface area (Å²) < 4.78 is 33.2. The summed E-state index contributed by atoms with van der Waals surface area (Å²) >= 11 is 12.0. The van der Waals surface area contributed by atoms with E-state index in [1.54, 1.807) is 0 Å². The number of likely N-dealkylation sites (tertiary alicyclic amines) is 1. The van der Waals surface area contributed by atoms with Crippen LogP contribution >= 0.6 is 23.2 Å². The molecule has 154 valence electrons. The van der Waals surface area contributed by atoms with Gasteiger partial charge >= 0.3 is 0 Å². The number of nitrogens with zero attached hydrogens (tertiary/aromatic N) is 2. The lowest BCUT2D eigenvalue weighted by molar-refractivity contribution is -0.155. The molecule has 2 aliphatic rings. The Morgan fingerprint density at radius 2 is 1.86 bits per heavy atom. The molecule has 0 radical (unpaired) electrons. The summed E-state index contributed by atoms with van der Waals surface area (Å²) in [5, 5.41) is 0.369. The van der Waals surface area contributed by atoms with Crippen LogP contribution in [-0.4, -0.2) is 67.7 Å². The maximum Gasteiger partial charge on any atom is 0.244 e. The van der Waals surface area contributed by atoms with E-state index in [0.717, 1.165) is 0 Å². The van der Waals surface area contributed by atoms with E-state index in [9.17, 15) is 18.0 Å². The van der Waals surface area contributed by atoms with Crippen molar-refractivity contribution in [3.8, 4) is 0 Å². The van der Waals surface area contributed by atoms with Crippen LogP contribution in [0.15, 0.2) is 23.1 Å². The van der Waals surface area contributed by atoms with Gasteiger partial charge in [0.05, 0.1) is 17.5 Å². The van der Waals surface area contributed by atoms with Gasteiger partial charge in [0.2, 0.25) is 15.9 Å². The fourth-order valence-corrected chi connectivity index (χ4v) is 6.70. The second kappa shape index (κ2) is 8.28. The van der Waals surface area contributed by atoms with E-state index < -0.39 is 28.1 Å². The molecule has 3 atom stereocenters. The zero-order valence-corrected chi connectivity index (χ0v) is 17.9. The third kappa shape index (κ3) is 3.80. The Hall–Kier alpha value is -1.19. The number of fused-ring (bicyclic) bond motifs is 2. The maximum atomic E-state index is 13.4. The Morgan fingerprint density at radius 1 is 1.21 bits per heavy atom. The zero-order valence-electron chi connectivity index (χ0n) is 15.6. The molecule has 7 nitrogen and oxygen atoms in total. The molecule has 0 aromatic heterocycles. The van der Waals surface area contributed by atoms with Crippen molar-refractivity contribution in [2.45, 2.75) is 49.2 Å². The topological polar surface area (TPSA) is 84.0 Å². The predicted molar refractivity (Wildman–Crippen MR) is 105 cm³/mol. The number of benzene rings is 1. The molecule has 28 heavy (non-hydrogen) atoms. The number of amides is 1. The highest BCUT2D eigenvalue weighted by Gasteiger charge is 2.54. The van der Waals surface area contributed by atoms with Gasteiger partial charge in [0, 0.05) is 23.7 Å². The van der Waals surface area contributed by atoms with Gasteiger partial charge in [-0.3, -0.25) is 9.59 Å². The van der Waals surface area contributed by atoms with Gasteiger partial charge in [-0.15, -0.1) is 0 Å². The quantitative estimate of drug-likeness (QED) is 0.666. The van der Waals surface area contributed by atoms with Crippen LogP contribution in [0.3, 0.4) is 0 Å². The normalized spacial score (nSPS) is 25.8. The third-order valence-corrected chi connectivity index (χ3v) is 7.59. The highest BCUT2D eigenvalue weighted by Crippen LogP contribution is 2.38. The molecular formula is C18H22Cl2N2O5S. The molecule has 2 aliphatic heterocycles. The molecule has 0 spiro atoms. The Morgan fingerprint density at radius 3 is 2.43 bits per heavy atom. The van der Waals surface area contributed by atoms with E-state index >= 15 is 0 Å². The van der Waals surface area contributed by atoms with Gasteiger partial charge in [-0.2, -0.15) is 4.31 Å². The summed E-state index contributed by atoms with van der Waals surface area (Å²) in [6.45, 7) is 1.89. The van der Waals surface area contributed by atoms with Gasteiger partial charge < -0.3 is 9.64 Å². The number of piperidine rings is 1. The molecule has 1 amide bonds. The number of piperazine rings is 1. The Kier molecular flexibility index (Phi) is 6.36. The van der Waals surface area contributed by atoms with Crippen LogP contribution in [0, 0.1) is 0 Å². The van der Waals surface area contributed by atoms with Crippen molar-refractivity contribution in [1.29, 1.82) is 0 Å². The van der Waals surface area contributed by atoms with Crippen molar-refractivity contribution in [1.82, 2.24) is 9.21 Å². The van der Waals surface area contributed by atoms with Gasteiger partial charge in [-0.05, 0) is 44.4 Å². The number of halogens is 2. The minimum Gasteiger partial charge on any atom is -0.383 e. The Labute approximate surface area is 174 Å². The average Bonchev–Trinajstić information content (AvgIpc) is 2.62. The lowest BCUT2D eigenvalue weighted by Gasteiger charge is -2.52. The minimum atomic E-state index is -4.08. The first-order valence-corrected chi connectivity index (χ1v) is 11.2. The predicted octanol–water partition coefficient (Wildman–Crippen LogP) is 2.35. The van der Waals surface area contributed by atoms with Crippen LogP contribution in [0.25, 0.3) is 0 Å². The maximum absolute atomic E-state index is 13.4. The molecule has 2 bridgehead atoms. The number of sulfonamides is 1. The summed E-state index contributed by atoms with van der Waals surface area (Å²) in [5.41, 5.74) is 0. The van der Waals surface area contributed by atoms with Crippen molar-refractivity contribution < 1.29 is 22.7 Å². The molecule has 2 heterocycles. The molecule has 2 saturated heterocycles. The molecule has 1 unspecified atom stereocenters. The van der Waals surface area contributed by atoms with Crippen LogP contribution in [0.2, 0.25) is 10.0 Å². The van der Waals surface area contributed by atoms with Crippen LogP contribution < -0.4 is 0 Å². The number of Topliss-reactive ketones (excluding diaryl/α,β-unsaturated/α-hetero) is 1. The molecule has 0 N–H and O–H groups in total. The van der Waals surface area contributed by atoms with Gasteiger partial charge in [-0.25, -0.2) is 8.42 Å². The Bertz CT molecular complexity index is 872. The van der Waals surface area contributed by atoms with E-state index in [2.05, 4.69) is 0 Å². The largest absolute Gasteiger partial charge is 0.383 e. The van der Waals surface area contributed by atoms with Crippen molar-refractivity contribution in [2.24, 2.45) is 0 Å². The summed E-state index contributed by atoms with van der Waals surface area (Å²) in [7, 11) is -2.56. The monoisotopic (exact) mass is 448 g/mol. The molecule has 1 aromatic carbocycles. The van der Waals surface area contributed by atoms with Gasteiger partial charge in [-0.1, -0.05) is 23.2 Å². The van der Waals surface area contributed by atoms with Gasteiger partial charge in [0.15, 0.2) is 5.78 Å². The highest BCUT2D eigenvalue weighted by molar-refractivity contribution is 7.89. The van der Waals surface area contributed by atoms with E-state index in [1.165, 1.54) is 41.4 Å². The second-order valence-electron chi connectivity index (χ2n) is 7.03. The lowest BCUT2D eigenvalue weighted by atomic mass is 9.86. The van der Waals surface area contributed by atoms with Crippen LogP contribution in [0.1, 0.15) is 26.2 Å². The summed E-state index contributed by atoms with van der Waals surface area (Å²) in [6.07, 6.45) is 1.56. The van der Waals surface area contributed by atoms with Crippen molar-refractivity contribution in [3.05, 3.63) is 28.2 Å². The number of carbonyl (C=O) groups excluding carboxylic acids is 2. The van der Waals surface area contributed by atoms with Crippen LogP contribution in [0.5, 0.6) is 0 Å². The summed E-state index contributed by atoms with van der Waals surface area (Å²) in [6, 6.07) is 1.73. The van der Waals surface area contributed by atoms with E-state index in [0.29, 0.717) is 19.3 Å². The zero-order chi connectivity index (χ0) is 20.6. The molecular weight excluding hydrogens is 427 g/mol. The first-order chi connectivity index (χ1) is 13.2. The number of carbonyl (C=O) groups is 2. The van der Waals surface area contributed by atoms with Crippen molar-refractivity contribution >= 4 is 44.9 Å². The van der Waals surface area contributed by atoms with Crippen molar-refractivity contribution in [2.75, 3.05) is 20.3 Å². The fourth-order valence-electron chi connectivity index (χ4n) is 4.15. The Balaban J connectivity index is 2.08. The molecule has 1 aromatic rings. The third-order valence-electron chi connectivity index (χ3n) is 5.24. The van der Waals surface area contributed by atoms with E-state index in [4.69, 9.17) is 27.9 Å². The van der Waals surface area contributed by atoms with Gasteiger partial charge in [0.25, 0.3) is 0 Å². The van der Waals surface area contributed by atoms with Crippen LogP contribution in [-0.2, 0) is 24.3 Å². The first kappa shape index (κ1) is 21.5. The van der Waals surface area contributed by atoms with Crippen LogP contribution in [0.4, 0.5) is 0 Å². The number of hydrogen-bond donors (Lipinski definition) is 0. The molecule has 0 saturated carbocycles. The van der Waals surface area contributed by atoms with Gasteiger partial charge in [0.1, 0.15) is 12.1 Å². The first-order valence-electron chi connectivity index (χ1n) is 8.98. The average molecular weight is 449 g/mol. The van der Waals surface area contributed by atoms with Crippen molar-refractivity contribution in [3.63, 3.8) is 0 Å². The summed E-state index contributed by atoms with van der Waals surface area (Å²) in [4.78, 5) is 27.0. The molecule has 10 heteroatoms. The molecule has 0 aliphatic carbocycles. The number of ether oxygens (including phenoxy) is 1. The smallest absolute Gasteiger partial charge is 0.244 e. The molecule has 3 rings (SSSR count). The minimum absolute atomic E-state index is 0.0812. The highest BCUT2D eigenvalue weighted by atomic mass is 35.5. The second-order valence-corrected chi connectivity index (χ2v) is 9.75. The molecule has 2 fully saturated rings. The van der Waals surface area contributed by atoms with E-state index in [1.807, 2.05) is 0 Å². The number of methoxy groups -OCH3 is 1. The number of rotatable bonds is 6. The standard InChI is InChI=1S/C18H22Cl2N2O5S/c1-11(23)17-15-4-3-5-16(18(24)21(17)6-7-27-2)22(15)28(25,26)14-9-12(19)8-13(20)10-14/h8-10,15-17H,3-7H2,1-2H3/t15-,16?,17+/m0/s1. The number of ketones is 1. The fraction of sp³-hybridized carbons (Fsp3) is 0.556. The SMILES string of the molecule is COCCN1C(=O)C2CCC[C@@H]([C@H]1C(C)=O)N2S(=O)(=O)c1cc(Cl)cc(Cl)c1. The summed E-state index contributed by atoms with van der Waals surface area (Å²) in [5.74, 6) is -0.621. The van der Waals surface area contributed by atoms with E-state index in [-0.39, 0.29) is 39.8 Å². The lowest BCUT2D eigenvalue weighted by Crippen LogP contribution is -2.71. The number of hydrogen-bond acceptors (Lipinski definition) is 5.